The molecule has 110 valence electrons. The minimum Gasteiger partial charge on any atom is -0.445 e. The molecule has 0 aromatic heterocycles. The van der Waals surface area contributed by atoms with E-state index in [0.717, 1.165) is 0 Å². The Bertz CT molecular complexity index is 357. The fourth-order valence-electron chi connectivity index (χ4n) is 2.04. The Morgan fingerprint density at radius 1 is 1.30 bits per heavy atom. The molecule has 1 rings (SSSR count). The van der Waals surface area contributed by atoms with Crippen molar-refractivity contribution in [2.75, 3.05) is 0 Å². The quantitative estimate of drug-likeness (QED) is 0.764. The molecule has 3 nitrogen and oxygen atoms in total. The standard InChI is InChI=1S/C12H20BF3NO2.K/c1-12(2,3)19-11(18)17-10-6-4-9(5-7-10)8-13(14,15)16;/h8,10H,4-7H2,1-3H3,(H,17,18);/q-1;+1. The zero-order valence-corrected chi connectivity index (χ0v) is 15.6. The van der Waals surface area contributed by atoms with Gasteiger partial charge in [0.15, 0.2) is 0 Å². The van der Waals surface area contributed by atoms with E-state index in [1.165, 1.54) is 0 Å². The number of carbonyl (C=O) groups is 1. The maximum absolute atomic E-state index is 12.2. The molecule has 1 amide bonds. The third-order valence-corrected chi connectivity index (χ3v) is 2.77. The summed E-state index contributed by atoms with van der Waals surface area (Å²) in [5, 5.41) is 2.69. The number of hydrogen-bond donors (Lipinski definition) is 1. The van der Waals surface area contributed by atoms with Crippen LogP contribution >= 0.6 is 0 Å². The fourth-order valence-corrected chi connectivity index (χ4v) is 2.04. The second-order valence-corrected chi connectivity index (χ2v) is 5.87. The summed E-state index contributed by atoms with van der Waals surface area (Å²) in [6.07, 6.45) is 1.29. The van der Waals surface area contributed by atoms with E-state index in [2.05, 4.69) is 5.32 Å². The molecule has 1 N–H and O–H groups in total. The van der Waals surface area contributed by atoms with E-state index in [0.29, 0.717) is 37.2 Å². The Balaban J connectivity index is 0.00000361. The normalized spacial score (nSPS) is 19.9. The van der Waals surface area contributed by atoms with E-state index in [1.807, 2.05) is 0 Å². The van der Waals surface area contributed by atoms with Gasteiger partial charge in [0.25, 0.3) is 0 Å². The smallest absolute Gasteiger partial charge is 0.445 e. The molecular weight excluding hydrogens is 297 g/mol. The van der Waals surface area contributed by atoms with Crippen molar-refractivity contribution in [3.05, 3.63) is 11.5 Å². The zero-order valence-electron chi connectivity index (χ0n) is 12.5. The number of allylic oxidation sites excluding steroid dienone is 1. The largest absolute Gasteiger partial charge is 1.00 e. The number of ether oxygens (including phenoxy) is 1. The SMILES string of the molecule is CC(C)(C)OC(=O)NC1CCC(=C[B-](F)(F)F)CC1.[K+]. The van der Waals surface area contributed by atoms with E-state index in [-0.39, 0.29) is 57.4 Å². The summed E-state index contributed by atoms with van der Waals surface area (Å²) in [6, 6.07) is -0.104. The van der Waals surface area contributed by atoms with Crippen molar-refractivity contribution in [3.63, 3.8) is 0 Å². The summed E-state index contributed by atoms with van der Waals surface area (Å²) >= 11 is 0. The van der Waals surface area contributed by atoms with E-state index in [4.69, 9.17) is 4.74 Å². The van der Waals surface area contributed by atoms with Crippen molar-refractivity contribution >= 4 is 13.1 Å². The minimum absolute atomic E-state index is 0. The van der Waals surface area contributed by atoms with Gasteiger partial charge in [-0.25, -0.2) is 4.79 Å². The molecule has 0 atom stereocenters. The molecule has 0 saturated heterocycles. The summed E-state index contributed by atoms with van der Waals surface area (Å²) in [5.41, 5.74) is -0.141. The Labute approximate surface area is 160 Å². The molecule has 0 bridgehead atoms. The molecule has 1 fully saturated rings. The van der Waals surface area contributed by atoms with Crippen LogP contribution in [0.15, 0.2) is 11.5 Å². The molecule has 0 heterocycles. The first-order valence-corrected chi connectivity index (χ1v) is 6.45. The maximum Gasteiger partial charge on any atom is 1.00 e. The Morgan fingerprint density at radius 3 is 2.20 bits per heavy atom. The van der Waals surface area contributed by atoms with Gasteiger partial charge >= 0.3 is 64.5 Å². The number of halogens is 3. The van der Waals surface area contributed by atoms with E-state index >= 15 is 0 Å². The van der Waals surface area contributed by atoms with Gasteiger partial charge in [-0.2, -0.15) is 0 Å². The van der Waals surface area contributed by atoms with E-state index in [9.17, 15) is 17.7 Å². The van der Waals surface area contributed by atoms with Crippen molar-refractivity contribution in [2.24, 2.45) is 0 Å². The fraction of sp³-hybridized carbons (Fsp3) is 0.750. The Morgan fingerprint density at radius 2 is 1.80 bits per heavy atom. The predicted molar refractivity (Wildman–Crippen MR) is 68.8 cm³/mol. The number of alkyl carbamates (subject to hydrolysis) is 1. The molecule has 1 saturated carbocycles. The third-order valence-electron chi connectivity index (χ3n) is 2.77. The van der Waals surface area contributed by atoms with Crippen molar-refractivity contribution in [1.82, 2.24) is 5.32 Å². The molecule has 0 aromatic carbocycles. The summed E-state index contributed by atoms with van der Waals surface area (Å²) in [6.45, 7) is 0.432. The van der Waals surface area contributed by atoms with Crippen molar-refractivity contribution in [3.8, 4) is 0 Å². The first-order chi connectivity index (χ1) is 8.55. The van der Waals surface area contributed by atoms with Crippen LogP contribution in [0.4, 0.5) is 17.7 Å². The predicted octanol–water partition coefficient (Wildman–Crippen LogP) is 0.771. The van der Waals surface area contributed by atoms with Crippen LogP contribution in [0, 0.1) is 0 Å². The molecule has 20 heavy (non-hydrogen) atoms. The number of rotatable bonds is 2. The van der Waals surface area contributed by atoms with Crippen LogP contribution in [0.5, 0.6) is 0 Å². The molecule has 0 aliphatic heterocycles. The molecule has 0 spiro atoms. The number of nitrogens with one attached hydrogen (secondary N) is 1. The second kappa shape index (κ2) is 8.22. The average molecular weight is 317 g/mol. The minimum atomic E-state index is -4.86. The number of carbonyl (C=O) groups excluding carboxylic acids is 1. The second-order valence-electron chi connectivity index (χ2n) is 5.87. The van der Waals surface area contributed by atoms with Crippen LogP contribution in [0.25, 0.3) is 0 Å². The molecule has 0 radical (unpaired) electrons. The van der Waals surface area contributed by atoms with E-state index in [1.54, 1.807) is 20.8 Å². The van der Waals surface area contributed by atoms with Crippen molar-refractivity contribution in [1.29, 1.82) is 0 Å². The van der Waals surface area contributed by atoms with Crippen LogP contribution in [0.2, 0.25) is 0 Å². The van der Waals surface area contributed by atoms with Crippen LogP contribution in [-0.4, -0.2) is 24.7 Å². The monoisotopic (exact) mass is 317 g/mol. The van der Waals surface area contributed by atoms with Gasteiger partial charge in [-0.1, -0.05) is 0 Å². The Hall–Kier alpha value is 0.501. The number of hydrogen-bond acceptors (Lipinski definition) is 2. The van der Waals surface area contributed by atoms with Crippen LogP contribution in [0.1, 0.15) is 46.5 Å². The van der Waals surface area contributed by atoms with E-state index < -0.39 is 18.7 Å². The van der Waals surface area contributed by atoms with Crippen molar-refractivity contribution in [2.45, 2.75) is 58.1 Å². The van der Waals surface area contributed by atoms with Crippen molar-refractivity contribution < 1.29 is 73.9 Å². The molecule has 0 unspecified atom stereocenters. The zero-order chi connectivity index (χ0) is 14.7. The van der Waals surface area contributed by atoms with Gasteiger partial charge < -0.3 is 23.0 Å². The molecule has 1 aliphatic carbocycles. The molecule has 0 aromatic rings. The Kier molecular flexibility index (Phi) is 8.42. The van der Waals surface area contributed by atoms with Gasteiger partial charge in [-0.05, 0) is 46.5 Å². The van der Waals surface area contributed by atoms with Gasteiger partial charge in [0.2, 0.25) is 0 Å². The third kappa shape index (κ3) is 9.44. The topological polar surface area (TPSA) is 38.3 Å². The van der Waals surface area contributed by atoms with Crippen LogP contribution < -0.4 is 56.7 Å². The molecule has 8 heteroatoms. The maximum atomic E-state index is 12.2. The summed E-state index contributed by atoms with van der Waals surface area (Å²) < 4.78 is 41.8. The molecular formula is C12H20BF3KNO2. The van der Waals surface area contributed by atoms with Gasteiger partial charge in [0, 0.05) is 6.04 Å². The molecule has 1 aliphatic rings. The van der Waals surface area contributed by atoms with Gasteiger partial charge in [0.05, 0.1) is 0 Å². The summed E-state index contributed by atoms with van der Waals surface area (Å²) in [5.74, 6) is 0.434. The first kappa shape index (κ1) is 20.5. The summed E-state index contributed by atoms with van der Waals surface area (Å²) in [4.78, 5) is 11.5. The number of amides is 1. The van der Waals surface area contributed by atoms with Crippen LogP contribution in [-0.2, 0) is 4.74 Å². The first-order valence-electron chi connectivity index (χ1n) is 6.45. The average Bonchev–Trinajstić information content (AvgIpc) is 2.15. The summed E-state index contributed by atoms with van der Waals surface area (Å²) in [7, 11) is 0. The van der Waals surface area contributed by atoms with Crippen LogP contribution in [0.3, 0.4) is 0 Å². The van der Waals surface area contributed by atoms with Gasteiger partial charge in [0.1, 0.15) is 5.60 Å². The van der Waals surface area contributed by atoms with Gasteiger partial charge in [-0.3, -0.25) is 0 Å². The van der Waals surface area contributed by atoms with Gasteiger partial charge in [-0.15, -0.1) is 11.5 Å².